The second-order valence-corrected chi connectivity index (χ2v) is 7.44. The van der Waals surface area contributed by atoms with Crippen molar-refractivity contribution in [2.45, 2.75) is 70.6 Å². The van der Waals surface area contributed by atoms with Gasteiger partial charge in [0.2, 0.25) is 0 Å². The van der Waals surface area contributed by atoms with Gasteiger partial charge in [-0.25, -0.2) is 0 Å². The second kappa shape index (κ2) is 4.77. The SMILES string of the molecule is COC(C)(C)CCC1NCCOC12CC(C)(C)C2. The van der Waals surface area contributed by atoms with Crippen molar-refractivity contribution >= 4 is 0 Å². The third-order valence-corrected chi connectivity index (χ3v) is 4.66. The molecule has 0 amide bonds. The molecule has 1 aliphatic heterocycles. The number of methoxy groups -OCH3 is 1. The number of morpholine rings is 1. The zero-order valence-corrected chi connectivity index (χ0v) is 12.6. The van der Waals surface area contributed by atoms with Crippen molar-refractivity contribution in [2.24, 2.45) is 5.41 Å². The van der Waals surface area contributed by atoms with Crippen molar-refractivity contribution in [2.75, 3.05) is 20.3 Å². The summed E-state index contributed by atoms with van der Waals surface area (Å²) in [5.41, 5.74) is 0.527. The van der Waals surface area contributed by atoms with Crippen LogP contribution in [0.4, 0.5) is 0 Å². The van der Waals surface area contributed by atoms with Crippen LogP contribution in [-0.4, -0.2) is 37.5 Å². The molecule has 1 saturated heterocycles. The molecule has 1 saturated carbocycles. The lowest BCUT2D eigenvalue weighted by molar-refractivity contribution is -0.196. The minimum atomic E-state index is -0.0282. The van der Waals surface area contributed by atoms with E-state index < -0.39 is 0 Å². The molecule has 0 aromatic heterocycles. The molecule has 1 spiro atoms. The van der Waals surface area contributed by atoms with Gasteiger partial charge in [-0.3, -0.25) is 0 Å². The molecule has 0 radical (unpaired) electrons. The van der Waals surface area contributed by atoms with Crippen molar-refractivity contribution in [1.82, 2.24) is 5.32 Å². The Labute approximate surface area is 112 Å². The quantitative estimate of drug-likeness (QED) is 0.838. The first-order chi connectivity index (χ1) is 8.29. The highest BCUT2D eigenvalue weighted by Crippen LogP contribution is 2.53. The summed E-state index contributed by atoms with van der Waals surface area (Å²) in [5, 5.41) is 3.67. The van der Waals surface area contributed by atoms with E-state index in [1.54, 1.807) is 7.11 Å². The Morgan fingerprint density at radius 1 is 1.33 bits per heavy atom. The molecule has 2 aliphatic rings. The highest BCUT2D eigenvalue weighted by atomic mass is 16.5. The van der Waals surface area contributed by atoms with Crippen LogP contribution in [-0.2, 0) is 9.47 Å². The van der Waals surface area contributed by atoms with E-state index >= 15 is 0 Å². The van der Waals surface area contributed by atoms with Crippen LogP contribution in [0.5, 0.6) is 0 Å². The molecule has 0 aromatic rings. The lowest BCUT2D eigenvalue weighted by Crippen LogP contribution is -2.66. The summed E-state index contributed by atoms with van der Waals surface area (Å²) in [6, 6.07) is 0.494. The van der Waals surface area contributed by atoms with E-state index in [1.165, 1.54) is 12.8 Å². The molecular weight excluding hydrogens is 226 g/mol. The van der Waals surface area contributed by atoms with Gasteiger partial charge in [0.25, 0.3) is 0 Å². The Bertz CT molecular complexity index is 291. The average molecular weight is 255 g/mol. The van der Waals surface area contributed by atoms with Crippen LogP contribution in [0.1, 0.15) is 53.4 Å². The Kier molecular flexibility index (Phi) is 3.79. The van der Waals surface area contributed by atoms with Gasteiger partial charge in [0.15, 0.2) is 0 Å². The molecule has 2 rings (SSSR count). The minimum absolute atomic E-state index is 0.0282. The van der Waals surface area contributed by atoms with E-state index in [0.717, 1.165) is 26.0 Å². The summed E-state index contributed by atoms with van der Waals surface area (Å²) in [5.74, 6) is 0. The summed E-state index contributed by atoms with van der Waals surface area (Å²) in [7, 11) is 1.80. The lowest BCUT2D eigenvalue weighted by Gasteiger charge is -2.58. The van der Waals surface area contributed by atoms with Crippen LogP contribution in [0.3, 0.4) is 0 Å². The highest BCUT2D eigenvalue weighted by Gasteiger charge is 2.55. The lowest BCUT2D eigenvalue weighted by atomic mass is 9.57. The molecule has 18 heavy (non-hydrogen) atoms. The standard InChI is InChI=1S/C15H29NO2/c1-13(2)10-15(11-13)12(16-8-9-18-15)6-7-14(3,4)17-5/h12,16H,6-11H2,1-5H3. The zero-order chi connectivity index (χ0) is 13.4. The molecular formula is C15H29NO2. The molecule has 0 aromatic carbocycles. The van der Waals surface area contributed by atoms with Crippen LogP contribution >= 0.6 is 0 Å². The van der Waals surface area contributed by atoms with Crippen LogP contribution in [0.2, 0.25) is 0 Å². The summed E-state index contributed by atoms with van der Waals surface area (Å²) < 4.78 is 11.7. The zero-order valence-electron chi connectivity index (χ0n) is 12.6. The first-order valence-corrected chi connectivity index (χ1v) is 7.21. The fourth-order valence-corrected chi connectivity index (χ4v) is 3.65. The third kappa shape index (κ3) is 2.89. The Morgan fingerprint density at radius 3 is 2.56 bits per heavy atom. The van der Waals surface area contributed by atoms with Gasteiger partial charge in [-0.05, 0) is 44.9 Å². The Morgan fingerprint density at radius 2 is 2.00 bits per heavy atom. The van der Waals surface area contributed by atoms with Gasteiger partial charge < -0.3 is 14.8 Å². The molecule has 1 heterocycles. The molecule has 3 heteroatoms. The maximum Gasteiger partial charge on any atom is 0.0845 e. The van der Waals surface area contributed by atoms with E-state index in [-0.39, 0.29) is 11.2 Å². The smallest absolute Gasteiger partial charge is 0.0845 e. The molecule has 2 fully saturated rings. The van der Waals surface area contributed by atoms with Crippen molar-refractivity contribution in [3.8, 4) is 0 Å². The molecule has 0 bridgehead atoms. The highest BCUT2D eigenvalue weighted by molar-refractivity contribution is 5.09. The maximum atomic E-state index is 6.15. The van der Waals surface area contributed by atoms with Gasteiger partial charge in [-0.15, -0.1) is 0 Å². The van der Waals surface area contributed by atoms with Gasteiger partial charge in [0.05, 0.1) is 17.8 Å². The van der Waals surface area contributed by atoms with Crippen molar-refractivity contribution in [3.05, 3.63) is 0 Å². The van der Waals surface area contributed by atoms with E-state index in [0.29, 0.717) is 11.5 Å². The summed E-state index contributed by atoms with van der Waals surface area (Å²) in [6.07, 6.45) is 4.58. The van der Waals surface area contributed by atoms with Gasteiger partial charge >= 0.3 is 0 Å². The topological polar surface area (TPSA) is 30.5 Å². The van der Waals surface area contributed by atoms with E-state index in [1.807, 2.05) is 0 Å². The average Bonchev–Trinajstić information content (AvgIpc) is 2.25. The van der Waals surface area contributed by atoms with E-state index in [2.05, 4.69) is 33.0 Å². The van der Waals surface area contributed by atoms with Crippen LogP contribution in [0.25, 0.3) is 0 Å². The fourth-order valence-electron chi connectivity index (χ4n) is 3.65. The second-order valence-electron chi connectivity index (χ2n) is 7.44. The van der Waals surface area contributed by atoms with Crippen molar-refractivity contribution in [1.29, 1.82) is 0 Å². The fraction of sp³-hybridized carbons (Fsp3) is 1.00. The van der Waals surface area contributed by atoms with E-state index in [9.17, 15) is 0 Å². The molecule has 1 aliphatic carbocycles. The van der Waals surface area contributed by atoms with Crippen molar-refractivity contribution < 1.29 is 9.47 Å². The molecule has 1 N–H and O–H groups in total. The maximum absolute atomic E-state index is 6.15. The minimum Gasteiger partial charge on any atom is -0.379 e. The number of nitrogens with one attached hydrogen (secondary N) is 1. The monoisotopic (exact) mass is 255 g/mol. The van der Waals surface area contributed by atoms with Gasteiger partial charge in [-0.1, -0.05) is 13.8 Å². The predicted octanol–water partition coefficient (Wildman–Crippen LogP) is 2.74. The summed E-state index contributed by atoms with van der Waals surface area (Å²) in [6.45, 7) is 10.8. The van der Waals surface area contributed by atoms with Crippen molar-refractivity contribution in [3.63, 3.8) is 0 Å². The Balaban J connectivity index is 1.94. The van der Waals surface area contributed by atoms with Crippen LogP contribution < -0.4 is 5.32 Å². The number of ether oxygens (including phenoxy) is 2. The van der Waals surface area contributed by atoms with Gasteiger partial charge in [0, 0.05) is 19.7 Å². The number of hydrogen-bond acceptors (Lipinski definition) is 3. The Hall–Kier alpha value is -0.120. The van der Waals surface area contributed by atoms with E-state index in [4.69, 9.17) is 9.47 Å². The molecule has 106 valence electrons. The van der Waals surface area contributed by atoms with Crippen LogP contribution in [0.15, 0.2) is 0 Å². The predicted molar refractivity (Wildman–Crippen MR) is 73.8 cm³/mol. The number of hydrogen-bond donors (Lipinski definition) is 1. The van der Waals surface area contributed by atoms with Gasteiger partial charge in [0.1, 0.15) is 0 Å². The molecule has 1 atom stereocenters. The van der Waals surface area contributed by atoms with Crippen LogP contribution in [0, 0.1) is 5.41 Å². The largest absolute Gasteiger partial charge is 0.379 e. The molecule has 1 unspecified atom stereocenters. The first kappa shape index (κ1) is 14.3. The van der Waals surface area contributed by atoms with Gasteiger partial charge in [-0.2, -0.15) is 0 Å². The number of rotatable bonds is 4. The summed E-state index contributed by atoms with van der Waals surface area (Å²) in [4.78, 5) is 0. The third-order valence-electron chi connectivity index (χ3n) is 4.66. The first-order valence-electron chi connectivity index (χ1n) is 7.21. The summed E-state index contributed by atoms with van der Waals surface area (Å²) >= 11 is 0. The normalized spacial score (nSPS) is 30.2. The molecule has 3 nitrogen and oxygen atoms in total.